The van der Waals surface area contributed by atoms with Crippen LogP contribution in [0.2, 0.25) is 5.02 Å². The Labute approximate surface area is 109 Å². The van der Waals surface area contributed by atoms with Crippen LogP contribution in [0.15, 0.2) is 24.3 Å². The van der Waals surface area contributed by atoms with Gasteiger partial charge in [0.25, 0.3) is 0 Å². The fourth-order valence-electron chi connectivity index (χ4n) is 2.82. The molecule has 2 N–H and O–H groups in total. The van der Waals surface area contributed by atoms with Crippen molar-refractivity contribution in [3.8, 4) is 0 Å². The van der Waals surface area contributed by atoms with E-state index < -0.39 is 0 Å². The van der Waals surface area contributed by atoms with Crippen molar-refractivity contribution in [2.24, 2.45) is 5.73 Å². The van der Waals surface area contributed by atoms with Crippen LogP contribution in [-0.2, 0) is 0 Å². The van der Waals surface area contributed by atoms with Crippen LogP contribution >= 0.6 is 11.6 Å². The lowest BCUT2D eigenvalue weighted by atomic mass is 10.0. The van der Waals surface area contributed by atoms with Crippen molar-refractivity contribution < 1.29 is 0 Å². The maximum Gasteiger partial charge on any atom is 0.0470 e. The number of halogens is 1. The minimum atomic E-state index is 0.289. The number of rotatable bonds is 4. The van der Waals surface area contributed by atoms with Gasteiger partial charge in [-0.1, -0.05) is 36.6 Å². The van der Waals surface area contributed by atoms with Gasteiger partial charge in [-0.25, -0.2) is 0 Å². The summed E-state index contributed by atoms with van der Waals surface area (Å²) in [6, 6.07) is 9.04. The van der Waals surface area contributed by atoms with Crippen molar-refractivity contribution in [3.05, 3.63) is 34.9 Å². The molecule has 1 fully saturated rings. The molecule has 0 spiro atoms. The standard InChI is InChI=1S/C14H21ClN2/c1-17(13-7-2-3-8-13)14(10-16)11-5-4-6-12(15)9-11/h4-6,9,13-14H,2-3,7-8,10,16H2,1H3. The van der Waals surface area contributed by atoms with E-state index in [1.165, 1.54) is 31.2 Å². The van der Waals surface area contributed by atoms with Gasteiger partial charge in [0.2, 0.25) is 0 Å². The van der Waals surface area contributed by atoms with Crippen LogP contribution < -0.4 is 5.73 Å². The zero-order valence-electron chi connectivity index (χ0n) is 10.4. The van der Waals surface area contributed by atoms with Crippen molar-refractivity contribution in [3.63, 3.8) is 0 Å². The summed E-state index contributed by atoms with van der Waals surface area (Å²) < 4.78 is 0. The molecular formula is C14H21ClN2. The molecule has 1 aromatic rings. The molecule has 0 radical (unpaired) electrons. The van der Waals surface area contributed by atoms with E-state index in [4.69, 9.17) is 17.3 Å². The number of likely N-dealkylation sites (N-methyl/N-ethyl adjacent to an activating group) is 1. The third kappa shape index (κ3) is 3.01. The van der Waals surface area contributed by atoms with Gasteiger partial charge in [-0.2, -0.15) is 0 Å². The van der Waals surface area contributed by atoms with Gasteiger partial charge in [-0.15, -0.1) is 0 Å². The molecule has 2 rings (SSSR count). The van der Waals surface area contributed by atoms with Crippen LogP contribution in [-0.4, -0.2) is 24.5 Å². The van der Waals surface area contributed by atoms with Crippen LogP contribution in [0.4, 0.5) is 0 Å². The van der Waals surface area contributed by atoms with E-state index in [9.17, 15) is 0 Å². The van der Waals surface area contributed by atoms with Crippen molar-refractivity contribution >= 4 is 11.6 Å². The van der Waals surface area contributed by atoms with Crippen molar-refractivity contribution in [1.82, 2.24) is 4.90 Å². The molecule has 17 heavy (non-hydrogen) atoms. The number of hydrogen-bond acceptors (Lipinski definition) is 2. The zero-order chi connectivity index (χ0) is 12.3. The molecule has 0 bridgehead atoms. The van der Waals surface area contributed by atoms with Gasteiger partial charge in [0.1, 0.15) is 0 Å². The Morgan fingerprint density at radius 1 is 1.41 bits per heavy atom. The molecule has 1 aliphatic rings. The fraction of sp³-hybridized carbons (Fsp3) is 0.571. The molecule has 1 aliphatic carbocycles. The Morgan fingerprint density at radius 2 is 2.12 bits per heavy atom. The summed E-state index contributed by atoms with van der Waals surface area (Å²) in [5.41, 5.74) is 7.17. The molecule has 1 aromatic carbocycles. The smallest absolute Gasteiger partial charge is 0.0470 e. The van der Waals surface area contributed by atoms with Crippen molar-refractivity contribution in [1.29, 1.82) is 0 Å². The summed E-state index contributed by atoms with van der Waals surface area (Å²) in [5, 5.41) is 0.792. The lowest BCUT2D eigenvalue weighted by molar-refractivity contribution is 0.179. The summed E-state index contributed by atoms with van der Waals surface area (Å²) in [6.45, 7) is 0.646. The minimum absolute atomic E-state index is 0.289. The fourth-order valence-corrected chi connectivity index (χ4v) is 3.02. The van der Waals surface area contributed by atoms with E-state index >= 15 is 0 Å². The Hall–Kier alpha value is -0.570. The van der Waals surface area contributed by atoms with E-state index in [0.29, 0.717) is 12.6 Å². The average Bonchev–Trinajstić information content (AvgIpc) is 2.83. The Balaban J connectivity index is 2.14. The minimum Gasteiger partial charge on any atom is -0.329 e. The quantitative estimate of drug-likeness (QED) is 0.892. The second-order valence-corrected chi connectivity index (χ2v) is 5.35. The molecule has 1 unspecified atom stereocenters. The summed E-state index contributed by atoms with van der Waals surface area (Å²) >= 11 is 6.05. The summed E-state index contributed by atoms with van der Waals surface area (Å²) in [5.74, 6) is 0. The molecule has 0 amide bonds. The maximum absolute atomic E-state index is 6.05. The van der Waals surface area contributed by atoms with Gasteiger partial charge in [0.05, 0.1) is 0 Å². The van der Waals surface area contributed by atoms with Gasteiger partial charge in [-0.3, -0.25) is 4.90 Å². The lowest BCUT2D eigenvalue weighted by Gasteiger charge is -2.32. The highest BCUT2D eigenvalue weighted by Gasteiger charge is 2.25. The first kappa shape index (κ1) is 12.9. The van der Waals surface area contributed by atoms with Crippen LogP contribution in [0.5, 0.6) is 0 Å². The number of benzene rings is 1. The molecule has 0 aromatic heterocycles. The summed E-state index contributed by atoms with van der Waals surface area (Å²) in [7, 11) is 2.19. The second kappa shape index (κ2) is 5.85. The van der Waals surface area contributed by atoms with Gasteiger partial charge < -0.3 is 5.73 Å². The SMILES string of the molecule is CN(C1CCCC1)C(CN)c1cccc(Cl)c1. The topological polar surface area (TPSA) is 29.3 Å². The predicted molar refractivity (Wildman–Crippen MR) is 73.3 cm³/mol. The van der Waals surface area contributed by atoms with Gasteiger partial charge in [-0.05, 0) is 37.6 Å². The van der Waals surface area contributed by atoms with Crippen LogP contribution in [0, 0.1) is 0 Å². The van der Waals surface area contributed by atoms with Gasteiger partial charge in [0, 0.05) is 23.7 Å². The van der Waals surface area contributed by atoms with Crippen LogP contribution in [0.3, 0.4) is 0 Å². The molecule has 1 saturated carbocycles. The monoisotopic (exact) mass is 252 g/mol. The Bertz CT molecular complexity index is 361. The van der Waals surface area contributed by atoms with Gasteiger partial charge >= 0.3 is 0 Å². The number of nitrogens with zero attached hydrogens (tertiary/aromatic N) is 1. The van der Waals surface area contributed by atoms with E-state index in [1.807, 2.05) is 18.2 Å². The summed E-state index contributed by atoms with van der Waals surface area (Å²) in [6.07, 6.45) is 5.30. The maximum atomic E-state index is 6.05. The molecular weight excluding hydrogens is 232 g/mol. The predicted octanol–water partition coefficient (Wildman–Crippen LogP) is 3.21. The zero-order valence-corrected chi connectivity index (χ0v) is 11.2. The Kier molecular flexibility index (Phi) is 4.43. The third-order valence-electron chi connectivity index (χ3n) is 3.85. The highest BCUT2D eigenvalue weighted by molar-refractivity contribution is 6.30. The van der Waals surface area contributed by atoms with E-state index in [2.05, 4.69) is 18.0 Å². The van der Waals surface area contributed by atoms with Crippen LogP contribution in [0.1, 0.15) is 37.3 Å². The molecule has 1 atom stereocenters. The molecule has 0 aliphatic heterocycles. The molecule has 0 heterocycles. The normalized spacial score (nSPS) is 18.8. The first-order chi connectivity index (χ1) is 8.22. The van der Waals surface area contributed by atoms with E-state index in [-0.39, 0.29) is 6.04 Å². The van der Waals surface area contributed by atoms with E-state index in [1.54, 1.807) is 0 Å². The highest BCUT2D eigenvalue weighted by atomic mass is 35.5. The third-order valence-corrected chi connectivity index (χ3v) is 4.08. The first-order valence-electron chi connectivity index (χ1n) is 6.40. The van der Waals surface area contributed by atoms with Crippen molar-refractivity contribution in [2.45, 2.75) is 37.8 Å². The summed E-state index contributed by atoms with van der Waals surface area (Å²) in [4.78, 5) is 2.43. The number of hydrogen-bond donors (Lipinski definition) is 1. The molecule has 0 saturated heterocycles. The lowest BCUT2D eigenvalue weighted by Crippen LogP contribution is -2.37. The average molecular weight is 253 g/mol. The molecule has 2 nitrogen and oxygen atoms in total. The Morgan fingerprint density at radius 3 is 2.71 bits per heavy atom. The molecule has 3 heteroatoms. The molecule has 94 valence electrons. The highest BCUT2D eigenvalue weighted by Crippen LogP contribution is 2.29. The van der Waals surface area contributed by atoms with Gasteiger partial charge in [0.15, 0.2) is 0 Å². The van der Waals surface area contributed by atoms with E-state index in [0.717, 1.165) is 5.02 Å². The second-order valence-electron chi connectivity index (χ2n) is 4.91. The first-order valence-corrected chi connectivity index (χ1v) is 6.77. The van der Waals surface area contributed by atoms with Crippen LogP contribution in [0.25, 0.3) is 0 Å². The largest absolute Gasteiger partial charge is 0.329 e. The number of nitrogens with two attached hydrogens (primary N) is 1. The van der Waals surface area contributed by atoms with Crippen molar-refractivity contribution in [2.75, 3.05) is 13.6 Å².